The van der Waals surface area contributed by atoms with Crippen LogP contribution in [0.2, 0.25) is 0 Å². The highest BCUT2D eigenvalue weighted by Crippen LogP contribution is 2.20. The van der Waals surface area contributed by atoms with Gasteiger partial charge in [-0.15, -0.1) is 0 Å². The van der Waals surface area contributed by atoms with Crippen LogP contribution in [0.1, 0.15) is 44.0 Å². The molecule has 0 fully saturated rings. The third kappa shape index (κ3) is 4.76. The van der Waals surface area contributed by atoms with Crippen molar-refractivity contribution in [1.82, 2.24) is 9.78 Å². The summed E-state index contributed by atoms with van der Waals surface area (Å²) in [7, 11) is 0. The molecule has 0 saturated carbocycles. The molecule has 0 atom stereocenters. The van der Waals surface area contributed by atoms with Gasteiger partial charge in [0.25, 0.3) is 5.91 Å². The van der Waals surface area contributed by atoms with Crippen molar-refractivity contribution in [2.45, 2.75) is 41.2 Å². The van der Waals surface area contributed by atoms with Crippen LogP contribution >= 0.6 is 0 Å². The van der Waals surface area contributed by atoms with Crippen LogP contribution in [0.25, 0.3) is 0 Å². The van der Waals surface area contributed by atoms with Crippen LogP contribution in [0.5, 0.6) is 0 Å². The van der Waals surface area contributed by atoms with Crippen LogP contribution in [0.3, 0.4) is 0 Å². The standard InChI is InChI=1S/C24H27N3O3/c1-15-9-11-20(12-10-15)13-27-19(5)22(18(4)26-27)24(29)30-14-21(28)25-23-16(2)7-6-8-17(23)3/h6-12H,13-14H2,1-5H3,(H,25,28). The van der Waals surface area contributed by atoms with Gasteiger partial charge in [-0.3, -0.25) is 9.48 Å². The van der Waals surface area contributed by atoms with E-state index in [0.717, 1.165) is 22.4 Å². The Morgan fingerprint density at radius 3 is 2.23 bits per heavy atom. The zero-order valence-corrected chi connectivity index (χ0v) is 18.1. The number of rotatable bonds is 6. The van der Waals surface area contributed by atoms with Crippen molar-refractivity contribution in [1.29, 1.82) is 0 Å². The van der Waals surface area contributed by atoms with E-state index in [1.807, 2.05) is 70.2 Å². The van der Waals surface area contributed by atoms with Crippen molar-refractivity contribution in [3.05, 3.63) is 81.7 Å². The molecule has 6 heteroatoms. The maximum absolute atomic E-state index is 12.6. The lowest BCUT2D eigenvalue weighted by atomic mass is 10.1. The number of hydrogen-bond donors (Lipinski definition) is 1. The molecule has 0 bridgehead atoms. The first kappa shape index (κ1) is 21.3. The van der Waals surface area contributed by atoms with Gasteiger partial charge < -0.3 is 10.1 Å². The van der Waals surface area contributed by atoms with Crippen LogP contribution in [-0.2, 0) is 16.1 Å². The first-order chi connectivity index (χ1) is 14.3. The molecule has 3 aromatic rings. The van der Waals surface area contributed by atoms with Gasteiger partial charge in [-0.05, 0) is 51.3 Å². The Morgan fingerprint density at radius 1 is 0.967 bits per heavy atom. The zero-order valence-electron chi connectivity index (χ0n) is 18.1. The summed E-state index contributed by atoms with van der Waals surface area (Å²) in [6.07, 6.45) is 0. The third-order valence-corrected chi connectivity index (χ3v) is 5.12. The van der Waals surface area contributed by atoms with Crippen molar-refractivity contribution >= 4 is 17.6 Å². The fraction of sp³-hybridized carbons (Fsp3) is 0.292. The van der Waals surface area contributed by atoms with Gasteiger partial charge in [0.2, 0.25) is 0 Å². The Morgan fingerprint density at radius 2 is 1.60 bits per heavy atom. The van der Waals surface area contributed by atoms with Gasteiger partial charge in [0.15, 0.2) is 6.61 Å². The summed E-state index contributed by atoms with van der Waals surface area (Å²) < 4.78 is 7.06. The lowest BCUT2D eigenvalue weighted by Gasteiger charge is -2.11. The Kier molecular flexibility index (Phi) is 6.35. The van der Waals surface area contributed by atoms with E-state index in [4.69, 9.17) is 4.74 Å². The van der Waals surface area contributed by atoms with E-state index in [1.165, 1.54) is 5.56 Å². The lowest BCUT2D eigenvalue weighted by molar-refractivity contribution is -0.119. The summed E-state index contributed by atoms with van der Waals surface area (Å²) >= 11 is 0. The molecule has 2 aromatic carbocycles. The van der Waals surface area contributed by atoms with Crippen LogP contribution in [0.15, 0.2) is 42.5 Å². The molecule has 6 nitrogen and oxygen atoms in total. The van der Waals surface area contributed by atoms with Gasteiger partial charge in [-0.25, -0.2) is 4.79 Å². The molecule has 1 amide bonds. The smallest absolute Gasteiger partial charge is 0.342 e. The number of carbonyl (C=O) groups excluding carboxylic acids is 2. The van der Waals surface area contributed by atoms with Crippen LogP contribution < -0.4 is 5.32 Å². The fourth-order valence-electron chi connectivity index (χ4n) is 3.40. The second kappa shape index (κ2) is 8.95. The largest absolute Gasteiger partial charge is 0.452 e. The highest BCUT2D eigenvalue weighted by molar-refractivity contribution is 5.97. The fourth-order valence-corrected chi connectivity index (χ4v) is 3.40. The minimum absolute atomic E-state index is 0.353. The van der Waals surface area contributed by atoms with Crippen LogP contribution in [0, 0.1) is 34.6 Å². The monoisotopic (exact) mass is 405 g/mol. The van der Waals surface area contributed by atoms with Gasteiger partial charge in [-0.1, -0.05) is 48.0 Å². The summed E-state index contributed by atoms with van der Waals surface area (Å²) in [6.45, 7) is 9.70. The SMILES string of the molecule is Cc1ccc(Cn2nc(C)c(C(=O)OCC(=O)Nc3c(C)cccc3C)c2C)cc1. The number of esters is 1. The molecule has 0 aliphatic heterocycles. The number of aromatic nitrogens is 2. The second-order valence-corrected chi connectivity index (χ2v) is 7.58. The van der Waals surface area contributed by atoms with Gasteiger partial charge in [0.1, 0.15) is 5.56 Å². The summed E-state index contributed by atoms with van der Waals surface area (Å²) in [5.74, 6) is -0.917. The predicted molar refractivity (Wildman–Crippen MR) is 117 cm³/mol. The van der Waals surface area contributed by atoms with Crippen molar-refractivity contribution < 1.29 is 14.3 Å². The average molecular weight is 405 g/mol. The molecular formula is C24H27N3O3. The molecule has 30 heavy (non-hydrogen) atoms. The number of benzene rings is 2. The minimum atomic E-state index is -0.545. The Bertz CT molecular complexity index is 1060. The van der Waals surface area contributed by atoms with E-state index in [1.54, 1.807) is 11.6 Å². The number of nitrogens with one attached hydrogen (secondary N) is 1. The molecule has 1 heterocycles. The molecular weight excluding hydrogens is 378 g/mol. The third-order valence-electron chi connectivity index (χ3n) is 5.12. The van der Waals surface area contributed by atoms with Crippen molar-refractivity contribution in [3.63, 3.8) is 0 Å². The van der Waals surface area contributed by atoms with Gasteiger partial charge >= 0.3 is 5.97 Å². The Labute approximate surface area is 176 Å². The van der Waals surface area contributed by atoms with E-state index >= 15 is 0 Å². The van der Waals surface area contributed by atoms with E-state index in [0.29, 0.717) is 23.5 Å². The van der Waals surface area contributed by atoms with Crippen LogP contribution in [0.4, 0.5) is 5.69 Å². The summed E-state index contributed by atoms with van der Waals surface area (Å²) in [4.78, 5) is 24.9. The number of carbonyl (C=O) groups is 2. The van der Waals surface area contributed by atoms with Gasteiger partial charge in [0, 0.05) is 5.69 Å². The first-order valence-electron chi connectivity index (χ1n) is 9.89. The first-order valence-corrected chi connectivity index (χ1v) is 9.89. The summed E-state index contributed by atoms with van der Waals surface area (Å²) in [5, 5.41) is 7.30. The zero-order chi connectivity index (χ0) is 21.8. The number of aryl methyl sites for hydroxylation is 4. The maximum Gasteiger partial charge on any atom is 0.342 e. The lowest BCUT2D eigenvalue weighted by Crippen LogP contribution is -2.22. The molecule has 0 aliphatic carbocycles. The summed E-state index contributed by atoms with van der Waals surface area (Å²) in [6, 6.07) is 14.0. The number of amides is 1. The van der Waals surface area contributed by atoms with E-state index in [-0.39, 0.29) is 12.5 Å². The maximum atomic E-state index is 12.6. The molecule has 0 spiro atoms. The molecule has 1 aromatic heterocycles. The molecule has 1 N–H and O–H groups in total. The van der Waals surface area contributed by atoms with Gasteiger partial charge in [-0.2, -0.15) is 5.10 Å². The Balaban J connectivity index is 1.66. The van der Waals surface area contributed by atoms with Crippen LogP contribution in [-0.4, -0.2) is 28.3 Å². The normalized spacial score (nSPS) is 10.7. The number of anilines is 1. The number of ether oxygens (including phenoxy) is 1. The second-order valence-electron chi connectivity index (χ2n) is 7.58. The molecule has 0 unspecified atom stereocenters. The number of para-hydroxylation sites is 1. The minimum Gasteiger partial charge on any atom is -0.452 e. The quantitative estimate of drug-likeness (QED) is 0.622. The molecule has 0 radical (unpaired) electrons. The van der Waals surface area contributed by atoms with Gasteiger partial charge in [0.05, 0.1) is 17.9 Å². The Hall–Kier alpha value is -3.41. The predicted octanol–water partition coefficient (Wildman–Crippen LogP) is 4.27. The van der Waals surface area contributed by atoms with Crippen molar-refractivity contribution in [2.24, 2.45) is 0 Å². The van der Waals surface area contributed by atoms with Crippen molar-refractivity contribution in [2.75, 3.05) is 11.9 Å². The summed E-state index contributed by atoms with van der Waals surface area (Å²) in [5.41, 5.74) is 6.65. The van der Waals surface area contributed by atoms with E-state index < -0.39 is 5.97 Å². The highest BCUT2D eigenvalue weighted by Gasteiger charge is 2.21. The number of nitrogens with zero attached hydrogens (tertiary/aromatic N) is 2. The topological polar surface area (TPSA) is 73.2 Å². The molecule has 156 valence electrons. The molecule has 0 saturated heterocycles. The highest BCUT2D eigenvalue weighted by atomic mass is 16.5. The number of hydrogen-bond acceptors (Lipinski definition) is 4. The molecule has 3 rings (SSSR count). The average Bonchev–Trinajstić information content (AvgIpc) is 2.98. The van der Waals surface area contributed by atoms with Crippen molar-refractivity contribution in [3.8, 4) is 0 Å². The van der Waals surface area contributed by atoms with E-state index in [2.05, 4.69) is 10.4 Å². The van der Waals surface area contributed by atoms with E-state index in [9.17, 15) is 9.59 Å². The molecule has 0 aliphatic rings.